The highest BCUT2D eigenvalue weighted by molar-refractivity contribution is 5.93. The minimum atomic E-state index is -0.473. The standard InChI is InChI=1S/C20H21N5O2/c1-12-10-17(26)25(15-4-2-3-5-15)19-16(12)11-22-20(24-19)23-14-8-6-13(7-9-14)18(21)27/h6-11,15H,2-5H2,1H3,(H2,21,27)(H,22,23,24). The number of pyridine rings is 1. The Bertz CT molecular complexity index is 1070. The molecule has 1 aromatic carbocycles. The molecule has 7 nitrogen and oxygen atoms in total. The summed E-state index contributed by atoms with van der Waals surface area (Å²) >= 11 is 0. The molecule has 1 saturated carbocycles. The summed E-state index contributed by atoms with van der Waals surface area (Å²) < 4.78 is 1.82. The smallest absolute Gasteiger partial charge is 0.252 e. The number of carbonyl (C=O) groups excluding carboxylic acids is 1. The van der Waals surface area contributed by atoms with Crippen molar-refractivity contribution >= 4 is 28.6 Å². The van der Waals surface area contributed by atoms with Gasteiger partial charge in [-0.3, -0.25) is 14.2 Å². The van der Waals surface area contributed by atoms with Crippen molar-refractivity contribution in [2.45, 2.75) is 38.6 Å². The second-order valence-electron chi connectivity index (χ2n) is 6.97. The lowest BCUT2D eigenvalue weighted by Crippen LogP contribution is -2.24. The maximum atomic E-state index is 12.7. The van der Waals surface area contributed by atoms with Crippen LogP contribution in [0.1, 0.15) is 47.6 Å². The lowest BCUT2D eigenvalue weighted by Gasteiger charge is -2.17. The van der Waals surface area contributed by atoms with Crippen LogP contribution >= 0.6 is 0 Å². The zero-order chi connectivity index (χ0) is 19.0. The molecule has 2 aromatic heterocycles. The van der Waals surface area contributed by atoms with Gasteiger partial charge < -0.3 is 11.1 Å². The second-order valence-corrected chi connectivity index (χ2v) is 6.97. The van der Waals surface area contributed by atoms with Crippen molar-refractivity contribution in [3.63, 3.8) is 0 Å². The highest BCUT2D eigenvalue weighted by Gasteiger charge is 2.21. The van der Waals surface area contributed by atoms with E-state index in [0.717, 1.165) is 42.3 Å². The van der Waals surface area contributed by atoms with Crippen molar-refractivity contribution in [2.24, 2.45) is 5.73 Å². The molecule has 0 aliphatic heterocycles. The maximum absolute atomic E-state index is 12.7. The van der Waals surface area contributed by atoms with Gasteiger partial charge in [-0.1, -0.05) is 12.8 Å². The van der Waals surface area contributed by atoms with E-state index in [0.29, 0.717) is 17.2 Å². The van der Waals surface area contributed by atoms with Gasteiger partial charge in [0, 0.05) is 34.9 Å². The SMILES string of the molecule is Cc1cc(=O)n(C2CCCC2)c2nc(Nc3ccc(C(N)=O)cc3)ncc12. The zero-order valence-corrected chi connectivity index (χ0v) is 15.1. The van der Waals surface area contributed by atoms with Gasteiger partial charge >= 0.3 is 0 Å². The lowest BCUT2D eigenvalue weighted by atomic mass is 10.1. The van der Waals surface area contributed by atoms with Gasteiger partial charge in [-0.2, -0.15) is 4.98 Å². The van der Waals surface area contributed by atoms with Gasteiger partial charge in [0.1, 0.15) is 5.65 Å². The number of rotatable bonds is 4. The molecule has 7 heteroatoms. The molecular formula is C20H21N5O2. The summed E-state index contributed by atoms with van der Waals surface area (Å²) in [5, 5.41) is 4.01. The highest BCUT2D eigenvalue weighted by Crippen LogP contribution is 2.31. The molecule has 0 atom stereocenters. The molecule has 0 saturated heterocycles. The van der Waals surface area contributed by atoms with Crippen LogP contribution in [0.3, 0.4) is 0 Å². The van der Waals surface area contributed by atoms with Crippen LogP contribution in [-0.2, 0) is 0 Å². The summed E-state index contributed by atoms with van der Waals surface area (Å²) in [7, 11) is 0. The van der Waals surface area contributed by atoms with E-state index in [9.17, 15) is 9.59 Å². The third-order valence-electron chi connectivity index (χ3n) is 5.11. The third-order valence-corrected chi connectivity index (χ3v) is 5.11. The van der Waals surface area contributed by atoms with Crippen LogP contribution in [0.4, 0.5) is 11.6 Å². The van der Waals surface area contributed by atoms with Crippen molar-refractivity contribution in [2.75, 3.05) is 5.32 Å². The van der Waals surface area contributed by atoms with E-state index >= 15 is 0 Å². The Kier molecular flexibility index (Phi) is 4.35. The predicted molar refractivity (Wildman–Crippen MR) is 104 cm³/mol. The first-order chi connectivity index (χ1) is 13.0. The average Bonchev–Trinajstić information content (AvgIpc) is 3.16. The highest BCUT2D eigenvalue weighted by atomic mass is 16.1. The fourth-order valence-electron chi connectivity index (χ4n) is 3.69. The third kappa shape index (κ3) is 3.28. The number of aromatic nitrogens is 3. The Morgan fingerprint density at radius 3 is 2.59 bits per heavy atom. The van der Waals surface area contributed by atoms with Gasteiger partial charge in [0.25, 0.3) is 5.56 Å². The van der Waals surface area contributed by atoms with E-state index in [4.69, 9.17) is 5.73 Å². The van der Waals surface area contributed by atoms with Crippen LogP contribution in [0.2, 0.25) is 0 Å². The molecule has 1 fully saturated rings. The normalized spacial score (nSPS) is 14.6. The summed E-state index contributed by atoms with van der Waals surface area (Å²) in [6.45, 7) is 1.90. The van der Waals surface area contributed by atoms with E-state index in [1.54, 1.807) is 36.5 Å². The van der Waals surface area contributed by atoms with Crippen molar-refractivity contribution in [1.29, 1.82) is 0 Å². The molecule has 0 radical (unpaired) electrons. The Hall–Kier alpha value is -3.22. The Morgan fingerprint density at radius 1 is 1.22 bits per heavy atom. The maximum Gasteiger partial charge on any atom is 0.252 e. The van der Waals surface area contributed by atoms with E-state index < -0.39 is 5.91 Å². The molecule has 0 unspecified atom stereocenters. The van der Waals surface area contributed by atoms with Crippen molar-refractivity contribution in [3.05, 3.63) is 58.0 Å². The molecule has 138 valence electrons. The van der Waals surface area contributed by atoms with Crippen LogP contribution < -0.4 is 16.6 Å². The Morgan fingerprint density at radius 2 is 1.93 bits per heavy atom. The molecule has 2 heterocycles. The first-order valence-corrected chi connectivity index (χ1v) is 9.09. The van der Waals surface area contributed by atoms with E-state index in [2.05, 4.69) is 15.3 Å². The molecule has 4 rings (SSSR count). The van der Waals surface area contributed by atoms with Crippen LogP contribution in [0.25, 0.3) is 11.0 Å². The van der Waals surface area contributed by atoms with E-state index in [1.807, 2.05) is 11.5 Å². The Balaban J connectivity index is 1.75. The summed E-state index contributed by atoms with van der Waals surface area (Å²) in [6, 6.07) is 8.63. The number of nitrogens with two attached hydrogens (primary N) is 1. The number of nitrogens with one attached hydrogen (secondary N) is 1. The van der Waals surface area contributed by atoms with Gasteiger partial charge in [0.2, 0.25) is 11.9 Å². The van der Waals surface area contributed by atoms with E-state index in [-0.39, 0.29) is 11.6 Å². The molecular weight excluding hydrogens is 342 g/mol. The van der Waals surface area contributed by atoms with Gasteiger partial charge in [-0.15, -0.1) is 0 Å². The molecule has 27 heavy (non-hydrogen) atoms. The first-order valence-electron chi connectivity index (χ1n) is 9.09. The second kappa shape index (κ2) is 6.83. The number of amides is 1. The monoisotopic (exact) mass is 363 g/mol. The largest absolute Gasteiger partial charge is 0.366 e. The molecule has 1 aliphatic carbocycles. The number of hydrogen-bond donors (Lipinski definition) is 2. The number of fused-ring (bicyclic) bond motifs is 1. The van der Waals surface area contributed by atoms with Crippen molar-refractivity contribution in [1.82, 2.24) is 14.5 Å². The average molecular weight is 363 g/mol. The summed E-state index contributed by atoms with van der Waals surface area (Å²) in [5.41, 5.74) is 7.97. The van der Waals surface area contributed by atoms with Gasteiger partial charge in [0.05, 0.1) is 0 Å². The number of aryl methyl sites for hydroxylation is 1. The first kappa shape index (κ1) is 17.2. The quantitative estimate of drug-likeness (QED) is 0.741. The van der Waals surface area contributed by atoms with Crippen molar-refractivity contribution in [3.8, 4) is 0 Å². The predicted octanol–water partition coefficient (Wildman–Crippen LogP) is 3.06. The molecule has 0 bridgehead atoms. The number of benzene rings is 1. The lowest BCUT2D eigenvalue weighted by molar-refractivity contribution is 0.100. The molecule has 1 aliphatic rings. The van der Waals surface area contributed by atoms with Gasteiger partial charge in [0.15, 0.2) is 0 Å². The fourth-order valence-corrected chi connectivity index (χ4v) is 3.69. The van der Waals surface area contributed by atoms with Gasteiger partial charge in [-0.25, -0.2) is 4.98 Å². The minimum Gasteiger partial charge on any atom is -0.366 e. The molecule has 1 amide bonds. The summed E-state index contributed by atoms with van der Waals surface area (Å²) in [4.78, 5) is 32.9. The summed E-state index contributed by atoms with van der Waals surface area (Å²) in [5.74, 6) is -0.0642. The van der Waals surface area contributed by atoms with Crippen LogP contribution in [0.5, 0.6) is 0 Å². The van der Waals surface area contributed by atoms with E-state index in [1.165, 1.54) is 0 Å². The molecule has 0 spiro atoms. The number of anilines is 2. The minimum absolute atomic E-state index is 0.0117. The van der Waals surface area contributed by atoms with Crippen LogP contribution in [0, 0.1) is 6.92 Å². The number of primary amides is 1. The summed E-state index contributed by atoms with van der Waals surface area (Å²) in [6.07, 6.45) is 6.02. The zero-order valence-electron chi connectivity index (χ0n) is 15.1. The number of hydrogen-bond acceptors (Lipinski definition) is 5. The Labute approximate surface area is 156 Å². The molecule has 3 N–H and O–H groups in total. The molecule has 3 aromatic rings. The van der Waals surface area contributed by atoms with Crippen LogP contribution in [-0.4, -0.2) is 20.4 Å². The van der Waals surface area contributed by atoms with Crippen molar-refractivity contribution < 1.29 is 4.79 Å². The number of carbonyl (C=O) groups is 1. The number of nitrogens with zero attached hydrogens (tertiary/aromatic N) is 3. The topological polar surface area (TPSA) is 103 Å². The fraction of sp³-hybridized carbons (Fsp3) is 0.300. The van der Waals surface area contributed by atoms with Gasteiger partial charge in [-0.05, 0) is 49.6 Å². The van der Waals surface area contributed by atoms with Crippen LogP contribution in [0.15, 0.2) is 41.3 Å².